The van der Waals surface area contributed by atoms with Crippen LogP contribution in [0, 0.1) is 0 Å². The first-order valence-corrected chi connectivity index (χ1v) is 6.37. The van der Waals surface area contributed by atoms with Crippen molar-refractivity contribution in [2.75, 3.05) is 7.11 Å². The third-order valence-electron chi connectivity index (χ3n) is 2.68. The summed E-state index contributed by atoms with van der Waals surface area (Å²) >= 11 is 12.2. The van der Waals surface area contributed by atoms with Gasteiger partial charge in [0, 0.05) is 6.07 Å². The summed E-state index contributed by atoms with van der Waals surface area (Å²) in [7, 11) is 1.35. The standard InChI is InChI=1S/C14H12Cl2NO2/c1-19-14(18)10-4-3-7-17(8-10)9-11-12(15)5-2-6-13(11)16/h2-8H,9H2,1H3/q+1. The molecule has 0 amide bonds. The van der Waals surface area contributed by atoms with Crippen LogP contribution >= 0.6 is 23.2 Å². The molecule has 0 aliphatic heterocycles. The summed E-state index contributed by atoms with van der Waals surface area (Å²) < 4.78 is 6.52. The lowest BCUT2D eigenvalue weighted by Crippen LogP contribution is -2.34. The lowest BCUT2D eigenvalue weighted by molar-refractivity contribution is -0.688. The largest absolute Gasteiger partial charge is 0.465 e. The molecule has 5 heteroatoms. The molecule has 1 heterocycles. The summed E-state index contributed by atoms with van der Waals surface area (Å²) in [5.74, 6) is -0.375. The van der Waals surface area contributed by atoms with Gasteiger partial charge in [-0.05, 0) is 18.2 Å². The first-order chi connectivity index (χ1) is 9.11. The van der Waals surface area contributed by atoms with Gasteiger partial charge in [-0.1, -0.05) is 29.3 Å². The highest BCUT2D eigenvalue weighted by atomic mass is 35.5. The molecule has 2 aromatic rings. The van der Waals surface area contributed by atoms with Crippen LogP contribution in [0.3, 0.4) is 0 Å². The number of nitrogens with zero attached hydrogens (tertiary/aromatic N) is 1. The molecule has 0 bridgehead atoms. The number of pyridine rings is 1. The quantitative estimate of drug-likeness (QED) is 0.643. The maximum Gasteiger partial charge on any atom is 0.343 e. The minimum absolute atomic E-state index is 0.375. The Labute approximate surface area is 121 Å². The zero-order valence-corrected chi connectivity index (χ0v) is 11.8. The van der Waals surface area contributed by atoms with E-state index in [2.05, 4.69) is 4.74 Å². The maximum absolute atomic E-state index is 11.5. The SMILES string of the molecule is COC(=O)c1ccc[n+](Cc2c(Cl)cccc2Cl)c1. The van der Waals surface area contributed by atoms with Crippen molar-refractivity contribution in [1.82, 2.24) is 0 Å². The number of hydrogen-bond acceptors (Lipinski definition) is 2. The van der Waals surface area contributed by atoms with Crippen LogP contribution in [-0.4, -0.2) is 13.1 Å². The predicted molar refractivity (Wildman–Crippen MR) is 73.5 cm³/mol. The number of ether oxygens (including phenoxy) is 1. The van der Waals surface area contributed by atoms with Crippen LogP contribution in [0.5, 0.6) is 0 Å². The number of carbonyl (C=O) groups excluding carboxylic acids is 1. The molecule has 0 saturated heterocycles. The number of carbonyl (C=O) groups is 1. The third-order valence-corrected chi connectivity index (χ3v) is 3.39. The van der Waals surface area contributed by atoms with Crippen LogP contribution in [0.1, 0.15) is 15.9 Å². The fourth-order valence-corrected chi connectivity index (χ4v) is 2.24. The summed E-state index contributed by atoms with van der Waals surface area (Å²) in [6.07, 6.45) is 3.54. The topological polar surface area (TPSA) is 30.2 Å². The van der Waals surface area contributed by atoms with Crippen LogP contribution in [0.15, 0.2) is 42.7 Å². The summed E-state index contributed by atoms with van der Waals surface area (Å²) in [5, 5.41) is 1.20. The molecular weight excluding hydrogens is 285 g/mol. The van der Waals surface area contributed by atoms with Crippen LogP contribution in [-0.2, 0) is 11.3 Å². The Morgan fingerprint density at radius 2 is 1.89 bits per heavy atom. The van der Waals surface area contributed by atoms with Crippen LogP contribution in [0.2, 0.25) is 10.0 Å². The van der Waals surface area contributed by atoms with E-state index in [9.17, 15) is 4.79 Å². The minimum atomic E-state index is -0.375. The van der Waals surface area contributed by atoms with Crippen LogP contribution in [0.4, 0.5) is 0 Å². The first kappa shape index (κ1) is 13.8. The van der Waals surface area contributed by atoms with E-state index >= 15 is 0 Å². The smallest absolute Gasteiger partial charge is 0.343 e. The lowest BCUT2D eigenvalue weighted by atomic mass is 10.2. The van der Waals surface area contributed by atoms with E-state index in [-0.39, 0.29) is 5.97 Å². The molecule has 19 heavy (non-hydrogen) atoms. The van der Waals surface area contributed by atoms with Gasteiger partial charge in [0.25, 0.3) is 0 Å². The highest BCUT2D eigenvalue weighted by molar-refractivity contribution is 6.35. The second-order valence-corrected chi connectivity index (χ2v) is 4.77. The van der Waals surface area contributed by atoms with Crippen molar-refractivity contribution in [3.8, 4) is 0 Å². The first-order valence-electron chi connectivity index (χ1n) is 5.62. The van der Waals surface area contributed by atoms with Gasteiger partial charge in [-0.2, -0.15) is 4.57 Å². The van der Waals surface area contributed by atoms with Gasteiger partial charge < -0.3 is 4.74 Å². The number of methoxy groups -OCH3 is 1. The van der Waals surface area contributed by atoms with Crippen molar-refractivity contribution in [2.24, 2.45) is 0 Å². The van der Waals surface area contributed by atoms with Gasteiger partial charge in [-0.25, -0.2) is 4.79 Å². The highest BCUT2D eigenvalue weighted by Gasteiger charge is 2.14. The number of benzene rings is 1. The molecule has 0 N–H and O–H groups in total. The van der Waals surface area contributed by atoms with Crippen molar-refractivity contribution < 1.29 is 14.1 Å². The fourth-order valence-electron chi connectivity index (χ4n) is 1.72. The van der Waals surface area contributed by atoms with Gasteiger partial charge in [0.05, 0.1) is 22.7 Å². The molecule has 2 rings (SSSR count). The van der Waals surface area contributed by atoms with Crippen LogP contribution < -0.4 is 4.57 Å². The van der Waals surface area contributed by atoms with Crippen molar-refractivity contribution in [3.05, 3.63) is 63.9 Å². The van der Waals surface area contributed by atoms with Crippen molar-refractivity contribution in [1.29, 1.82) is 0 Å². The van der Waals surface area contributed by atoms with E-state index in [0.717, 1.165) is 5.56 Å². The molecule has 98 valence electrons. The zero-order valence-electron chi connectivity index (χ0n) is 10.3. The number of esters is 1. The molecule has 0 spiro atoms. The zero-order chi connectivity index (χ0) is 13.8. The number of hydrogen-bond donors (Lipinski definition) is 0. The minimum Gasteiger partial charge on any atom is -0.465 e. The third kappa shape index (κ3) is 3.25. The van der Waals surface area contributed by atoms with Crippen molar-refractivity contribution in [2.45, 2.75) is 6.54 Å². The van der Waals surface area contributed by atoms with Gasteiger partial charge in [0.15, 0.2) is 18.9 Å². The Kier molecular flexibility index (Phi) is 4.40. The van der Waals surface area contributed by atoms with Gasteiger partial charge in [-0.15, -0.1) is 0 Å². The number of aromatic nitrogens is 1. The highest BCUT2D eigenvalue weighted by Crippen LogP contribution is 2.23. The number of rotatable bonds is 3. The van der Waals surface area contributed by atoms with Crippen molar-refractivity contribution >= 4 is 29.2 Å². The van der Waals surface area contributed by atoms with E-state index in [1.54, 1.807) is 36.5 Å². The van der Waals surface area contributed by atoms with E-state index in [1.165, 1.54) is 7.11 Å². The molecule has 0 aliphatic rings. The molecule has 0 unspecified atom stereocenters. The Balaban J connectivity index is 2.31. The average Bonchev–Trinajstić information content (AvgIpc) is 2.42. The number of halogens is 2. The Morgan fingerprint density at radius 1 is 1.21 bits per heavy atom. The fraction of sp³-hybridized carbons (Fsp3) is 0.143. The molecular formula is C14H12Cl2NO2+. The van der Waals surface area contributed by atoms with E-state index < -0.39 is 0 Å². The summed E-state index contributed by atoms with van der Waals surface area (Å²) in [5.41, 5.74) is 1.30. The molecule has 3 nitrogen and oxygen atoms in total. The average molecular weight is 297 g/mol. The van der Waals surface area contributed by atoms with Crippen molar-refractivity contribution in [3.63, 3.8) is 0 Å². The molecule has 0 aliphatic carbocycles. The van der Waals surface area contributed by atoms with Crippen LogP contribution in [0.25, 0.3) is 0 Å². The molecule has 0 saturated carbocycles. The second-order valence-electron chi connectivity index (χ2n) is 3.96. The molecule has 0 fully saturated rings. The van der Waals surface area contributed by atoms with E-state index in [4.69, 9.17) is 23.2 Å². The van der Waals surface area contributed by atoms with Gasteiger partial charge in [0.1, 0.15) is 5.56 Å². The van der Waals surface area contributed by atoms with Gasteiger partial charge in [0.2, 0.25) is 0 Å². The lowest BCUT2D eigenvalue weighted by Gasteiger charge is -2.04. The molecule has 1 aromatic carbocycles. The van der Waals surface area contributed by atoms with Gasteiger partial charge in [-0.3, -0.25) is 0 Å². The Hall–Kier alpha value is -1.58. The normalized spacial score (nSPS) is 10.3. The van der Waals surface area contributed by atoms with Gasteiger partial charge >= 0.3 is 5.97 Å². The monoisotopic (exact) mass is 296 g/mol. The van der Waals surface area contributed by atoms with E-state index in [0.29, 0.717) is 22.2 Å². The predicted octanol–water partition coefficient (Wildman–Crippen LogP) is 3.12. The molecule has 0 radical (unpaired) electrons. The summed E-state index contributed by atoms with van der Waals surface area (Å²) in [6, 6.07) is 8.83. The Bertz CT molecular complexity index is 594. The maximum atomic E-state index is 11.5. The summed E-state index contributed by atoms with van der Waals surface area (Å²) in [4.78, 5) is 11.5. The molecule has 1 aromatic heterocycles. The Morgan fingerprint density at radius 3 is 2.53 bits per heavy atom. The molecule has 0 atom stereocenters. The van der Waals surface area contributed by atoms with E-state index in [1.807, 2.05) is 10.8 Å². The second kappa shape index (κ2) is 6.04. The summed E-state index contributed by atoms with van der Waals surface area (Å²) in [6.45, 7) is 0.489.